The number of hydrogen-bond acceptors (Lipinski definition) is 8. The van der Waals surface area contributed by atoms with Gasteiger partial charge in [0, 0.05) is 24.8 Å². The fourth-order valence-corrected chi connectivity index (χ4v) is 4.83. The Bertz CT molecular complexity index is 1410. The van der Waals surface area contributed by atoms with E-state index in [1.54, 1.807) is 30.3 Å². The van der Waals surface area contributed by atoms with Crippen LogP contribution in [-0.2, 0) is 15.7 Å². The molecule has 1 aromatic heterocycles. The quantitative estimate of drug-likeness (QED) is 0.445. The van der Waals surface area contributed by atoms with Crippen molar-refractivity contribution in [2.24, 2.45) is 15.7 Å². The molecule has 0 saturated carbocycles. The van der Waals surface area contributed by atoms with Crippen LogP contribution >= 0.6 is 0 Å². The summed E-state index contributed by atoms with van der Waals surface area (Å²) in [5.74, 6) is 0.726. The van der Waals surface area contributed by atoms with Gasteiger partial charge in [0.1, 0.15) is 11.6 Å². The lowest BCUT2D eigenvalue weighted by Gasteiger charge is -2.33. The maximum Gasteiger partial charge on any atom is 0.306 e. The van der Waals surface area contributed by atoms with Gasteiger partial charge in [0.15, 0.2) is 11.5 Å². The van der Waals surface area contributed by atoms with E-state index in [0.717, 1.165) is 34.9 Å². The molecule has 2 aliphatic heterocycles. The molecule has 0 aliphatic carbocycles. The van der Waals surface area contributed by atoms with Crippen molar-refractivity contribution in [3.05, 3.63) is 83.9 Å². The Morgan fingerprint density at radius 3 is 2.56 bits per heavy atom. The van der Waals surface area contributed by atoms with E-state index in [1.165, 1.54) is 12.3 Å². The van der Waals surface area contributed by atoms with E-state index in [9.17, 15) is 12.8 Å². The van der Waals surface area contributed by atoms with Gasteiger partial charge in [0.25, 0.3) is 0 Å². The number of rotatable bonds is 5. The molecular formula is C24H22FN5O3S. The highest BCUT2D eigenvalue weighted by molar-refractivity contribution is 7.86. The van der Waals surface area contributed by atoms with Crippen molar-refractivity contribution in [3.8, 4) is 16.9 Å². The highest BCUT2D eigenvalue weighted by atomic mass is 32.2. The second-order valence-electron chi connectivity index (χ2n) is 8.15. The monoisotopic (exact) mass is 479 g/mol. The summed E-state index contributed by atoms with van der Waals surface area (Å²) in [5, 5.41) is 0. The topological polar surface area (TPSA) is 110 Å². The highest BCUT2D eigenvalue weighted by Crippen LogP contribution is 2.43. The van der Waals surface area contributed by atoms with Gasteiger partial charge in [-0.25, -0.2) is 9.98 Å². The average molecular weight is 480 g/mol. The molecule has 0 bridgehead atoms. The second-order valence-corrected chi connectivity index (χ2v) is 9.73. The first-order valence-electron chi connectivity index (χ1n) is 10.7. The molecule has 0 amide bonds. The summed E-state index contributed by atoms with van der Waals surface area (Å²) in [6.07, 6.45) is 3.34. The molecule has 10 heteroatoms. The molecule has 0 saturated heterocycles. The lowest BCUT2D eigenvalue weighted by atomic mass is 9.81. The van der Waals surface area contributed by atoms with Crippen molar-refractivity contribution in [1.29, 1.82) is 0 Å². The Kier molecular flexibility index (Phi) is 5.32. The smallest absolute Gasteiger partial charge is 0.306 e. The first kappa shape index (κ1) is 22.0. The molecule has 0 radical (unpaired) electrons. The summed E-state index contributed by atoms with van der Waals surface area (Å²) in [7, 11) is -3.66. The van der Waals surface area contributed by atoms with Gasteiger partial charge in [-0.3, -0.25) is 9.89 Å². The van der Waals surface area contributed by atoms with Crippen LogP contribution in [0.2, 0.25) is 0 Å². The second kappa shape index (κ2) is 8.21. The molecule has 8 nitrogen and oxygen atoms in total. The number of hydrogen-bond donors (Lipinski definition) is 1. The largest absolute Gasteiger partial charge is 0.383 e. The Labute approximate surface area is 196 Å². The molecule has 1 unspecified atom stereocenters. The summed E-state index contributed by atoms with van der Waals surface area (Å²) >= 11 is 0. The molecule has 1 atom stereocenters. The van der Waals surface area contributed by atoms with Gasteiger partial charge in [-0.1, -0.05) is 30.3 Å². The molecule has 2 aliphatic rings. The summed E-state index contributed by atoms with van der Waals surface area (Å²) in [6, 6.07) is 17.4. The van der Waals surface area contributed by atoms with E-state index in [0.29, 0.717) is 24.9 Å². The number of nitrogens with zero attached hydrogens (tertiary/aromatic N) is 4. The molecule has 0 spiro atoms. The van der Waals surface area contributed by atoms with Crippen molar-refractivity contribution in [2.45, 2.75) is 12.0 Å². The number of aromatic nitrogens is 1. The predicted octanol–water partition coefficient (Wildman–Crippen LogP) is 2.90. The Hall–Kier alpha value is -3.79. The summed E-state index contributed by atoms with van der Waals surface area (Å²) < 4.78 is 41.4. The minimum atomic E-state index is -3.66. The number of guanidine groups is 1. The van der Waals surface area contributed by atoms with Crippen LogP contribution in [-0.4, -0.2) is 49.4 Å². The zero-order valence-electron chi connectivity index (χ0n) is 18.3. The molecule has 2 aromatic carbocycles. The van der Waals surface area contributed by atoms with E-state index >= 15 is 0 Å². The van der Waals surface area contributed by atoms with Crippen LogP contribution in [0.5, 0.6) is 5.75 Å². The number of aliphatic imine (C=N–C) groups is 2. The van der Waals surface area contributed by atoms with Crippen LogP contribution in [0.3, 0.4) is 0 Å². The number of pyridine rings is 1. The van der Waals surface area contributed by atoms with Gasteiger partial charge >= 0.3 is 10.1 Å². The highest BCUT2D eigenvalue weighted by Gasteiger charge is 2.49. The number of halogens is 1. The lowest BCUT2D eigenvalue weighted by molar-refractivity contribution is 0.492. The van der Waals surface area contributed by atoms with Crippen molar-refractivity contribution >= 4 is 21.9 Å². The lowest BCUT2D eigenvalue weighted by Crippen LogP contribution is -2.46. The van der Waals surface area contributed by atoms with E-state index in [2.05, 4.69) is 4.98 Å². The summed E-state index contributed by atoms with van der Waals surface area (Å²) in [5.41, 5.74) is 8.50. The molecule has 174 valence electrons. The molecule has 0 fully saturated rings. The molecule has 5 rings (SSSR count). The Morgan fingerprint density at radius 1 is 1.06 bits per heavy atom. The van der Waals surface area contributed by atoms with Crippen molar-refractivity contribution in [1.82, 2.24) is 9.88 Å². The summed E-state index contributed by atoms with van der Waals surface area (Å²) in [6.45, 7) is 1.35. The molecule has 34 heavy (non-hydrogen) atoms. The third-order valence-corrected chi connectivity index (χ3v) is 6.30. The number of nitrogens with two attached hydrogens (primary N) is 1. The van der Waals surface area contributed by atoms with Gasteiger partial charge in [0.05, 0.1) is 6.26 Å². The van der Waals surface area contributed by atoms with E-state index in [1.807, 2.05) is 29.2 Å². The maximum atomic E-state index is 13.4. The fourth-order valence-electron chi connectivity index (χ4n) is 4.37. The minimum Gasteiger partial charge on any atom is -0.383 e. The number of amidine groups is 1. The molecule has 3 aromatic rings. The molecular weight excluding hydrogens is 457 g/mol. The van der Waals surface area contributed by atoms with Crippen molar-refractivity contribution in [2.75, 3.05) is 19.3 Å². The minimum absolute atomic E-state index is 0.199. The van der Waals surface area contributed by atoms with Gasteiger partial charge in [-0.15, -0.1) is 0 Å². The van der Waals surface area contributed by atoms with Gasteiger partial charge in [0.2, 0.25) is 5.95 Å². The molecule has 2 N–H and O–H groups in total. The van der Waals surface area contributed by atoms with Crippen LogP contribution in [0.1, 0.15) is 17.5 Å². The Morgan fingerprint density at radius 2 is 1.85 bits per heavy atom. The standard InChI is InChI=1S/C24H22FN5O3S/c1-34(31,32)33-20-9-7-18(8-10-20)24(22-27-12-3-13-30(22)23(26)29-24)19-5-2-4-16(14-19)17-6-11-21(25)28-15-17/h2,4-11,14-15H,3,12-13H2,1H3,(H2,26,29). The fraction of sp³-hybridized carbons (Fsp3) is 0.208. The van der Waals surface area contributed by atoms with Crippen LogP contribution in [0.15, 0.2) is 76.8 Å². The first-order chi connectivity index (χ1) is 16.3. The SMILES string of the molecule is CS(=O)(=O)Oc1ccc(C2(c3cccc(-c4ccc(F)nc4)c3)N=C(N)N3CCCN=C32)cc1. The maximum absolute atomic E-state index is 13.4. The van der Waals surface area contributed by atoms with Gasteiger partial charge in [-0.2, -0.15) is 12.8 Å². The first-order valence-corrected chi connectivity index (χ1v) is 12.5. The van der Waals surface area contributed by atoms with Crippen molar-refractivity contribution in [3.63, 3.8) is 0 Å². The van der Waals surface area contributed by atoms with E-state index < -0.39 is 21.6 Å². The van der Waals surface area contributed by atoms with Gasteiger partial charge in [-0.05, 0) is 53.4 Å². The number of benzene rings is 2. The van der Waals surface area contributed by atoms with E-state index in [-0.39, 0.29) is 5.75 Å². The normalized spacial score (nSPS) is 19.9. The summed E-state index contributed by atoms with van der Waals surface area (Å²) in [4.78, 5) is 15.4. The zero-order chi connectivity index (χ0) is 23.9. The molecule has 3 heterocycles. The Balaban J connectivity index is 1.67. The van der Waals surface area contributed by atoms with Crippen molar-refractivity contribution < 1.29 is 17.0 Å². The van der Waals surface area contributed by atoms with E-state index in [4.69, 9.17) is 19.9 Å². The third kappa shape index (κ3) is 3.90. The van der Waals surface area contributed by atoms with Crippen LogP contribution < -0.4 is 9.92 Å². The van der Waals surface area contributed by atoms with Crippen LogP contribution in [0.25, 0.3) is 11.1 Å². The van der Waals surface area contributed by atoms with Gasteiger partial charge < -0.3 is 9.92 Å². The predicted molar refractivity (Wildman–Crippen MR) is 128 cm³/mol. The van der Waals surface area contributed by atoms with Crippen LogP contribution in [0, 0.1) is 5.95 Å². The third-order valence-electron chi connectivity index (χ3n) is 5.80. The zero-order valence-corrected chi connectivity index (χ0v) is 19.2. The average Bonchev–Trinajstić information content (AvgIpc) is 3.13. The number of fused-ring (bicyclic) bond motifs is 1. The van der Waals surface area contributed by atoms with Crippen LogP contribution in [0.4, 0.5) is 4.39 Å².